The highest BCUT2D eigenvalue weighted by atomic mass is 79.9. The second-order valence-electron chi connectivity index (χ2n) is 3.70. The Hall–Kier alpha value is -1.12. The molecule has 0 aliphatic carbocycles. The molecule has 0 fully saturated rings. The second-order valence-corrected chi connectivity index (χ2v) is 6.85. The first-order valence-electron chi connectivity index (χ1n) is 5.32. The molecule has 0 bridgehead atoms. The van der Waals surface area contributed by atoms with Gasteiger partial charge in [0.15, 0.2) is 4.34 Å². The summed E-state index contributed by atoms with van der Waals surface area (Å²) in [6, 6.07) is 5.71. The first-order valence-corrected chi connectivity index (χ1v) is 7.92. The number of rotatable bonds is 4. The monoisotopic (exact) mass is 358 g/mol. The van der Waals surface area contributed by atoms with Crippen LogP contribution < -0.4 is 11.1 Å². The number of hydrogen-bond acceptors (Lipinski definition) is 6. The third-order valence-electron chi connectivity index (χ3n) is 2.21. The lowest BCUT2D eigenvalue weighted by Gasteiger charge is -2.07. The summed E-state index contributed by atoms with van der Waals surface area (Å²) in [7, 11) is 0. The van der Waals surface area contributed by atoms with Crippen LogP contribution in [0.15, 0.2) is 27.0 Å². The molecule has 3 N–H and O–H groups in total. The maximum Gasteiger partial charge on any atom is 0.234 e. The van der Waals surface area contributed by atoms with E-state index in [4.69, 9.17) is 5.73 Å². The van der Waals surface area contributed by atoms with E-state index in [1.165, 1.54) is 23.1 Å². The third-order valence-corrected chi connectivity index (χ3v) is 4.59. The SMILES string of the molecule is Cc1cc(Br)ccc1NC(=O)CSc1nnc(N)s1. The van der Waals surface area contributed by atoms with Crippen LogP contribution in [-0.4, -0.2) is 21.9 Å². The molecule has 0 aliphatic heterocycles. The summed E-state index contributed by atoms with van der Waals surface area (Å²) >= 11 is 5.98. The Kier molecular flexibility index (Phi) is 4.78. The number of aromatic nitrogens is 2. The Labute approximate surface area is 127 Å². The molecule has 1 aromatic heterocycles. The van der Waals surface area contributed by atoms with E-state index in [-0.39, 0.29) is 11.7 Å². The zero-order valence-corrected chi connectivity index (χ0v) is 13.2. The molecular weight excluding hydrogens is 348 g/mol. The van der Waals surface area contributed by atoms with E-state index in [1.54, 1.807) is 0 Å². The van der Waals surface area contributed by atoms with E-state index in [0.29, 0.717) is 9.47 Å². The van der Waals surface area contributed by atoms with E-state index in [2.05, 4.69) is 31.4 Å². The maximum atomic E-state index is 11.8. The average Bonchev–Trinajstić information content (AvgIpc) is 2.76. The van der Waals surface area contributed by atoms with E-state index >= 15 is 0 Å². The van der Waals surface area contributed by atoms with Crippen molar-refractivity contribution >= 4 is 55.8 Å². The van der Waals surface area contributed by atoms with Crippen molar-refractivity contribution in [2.75, 3.05) is 16.8 Å². The van der Waals surface area contributed by atoms with Crippen LogP contribution in [0.5, 0.6) is 0 Å². The van der Waals surface area contributed by atoms with Gasteiger partial charge in [0.25, 0.3) is 0 Å². The molecule has 1 heterocycles. The van der Waals surface area contributed by atoms with Gasteiger partial charge in [0, 0.05) is 10.2 Å². The van der Waals surface area contributed by atoms with Crippen LogP contribution in [0.25, 0.3) is 0 Å². The lowest BCUT2D eigenvalue weighted by molar-refractivity contribution is -0.113. The van der Waals surface area contributed by atoms with E-state index < -0.39 is 0 Å². The molecular formula is C11H11BrN4OS2. The zero-order chi connectivity index (χ0) is 13.8. The topological polar surface area (TPSA) is 80.9 Å². The summed E-state index contributed by atoms with van der Waals surface area (Å²) in [6.07, 6.45) is 0. The van der Waals surface area contributed by atoms with Gasteiger partial charge in [-0.15, -0.1) is 10.2 Å². The van der Waals surface area contributed by atoms with Crippen LogP contribution in [0.1, 0.15) is 5.56 Å². The van der Waals surface area contributed by atoms with Crippen molar-refractivity contribution in [1.82, 2.24) is 10.2 Å². The number of carbonyl (C=O) groups excluding carboxylic acids is 1. The smallest absolute Gasteiger partial charge is 0.234 e. The van der Waals surface area contributed by atoms with Crippen LogP contribution >= 0.6 is 39.0 Å². The van der Waals surface area contributed by atoms with Gasteiger partial charge in [-0.2, -0.15) is 0 Å². The van der Waals surface area contributed by atoms with Gasteiger partial charge < -0.3 is 11.1 Å². The Bertz CT molecular complexity index is 602. The summed E-state index contributed by atoms with van der Waals surface area (Å²) in [5, 5.41) is 10.8. The number of halogens is 1. The van der Waals surface area contributed by atoms with Gasteiger partial charge in [0.2, 0.25) is 11.0 Å². The number of anilines is 2. The minimum atomic E-state index is -0.0795. The van der Waals surface area contributed by atoms with Crippen LogP contribution in [0, 0.1) is 6.92 Å². The minimum Gasteiger partial charge on any atom is -0.374 e. The molecule has 0 saturated heterocycles. The number of aryl methyl sites for hydroxylation is 1. The highest BCUT2D eigenvalue weighted by Gasteiger charge is 2.08. The fourth-order valence-electron chi connectivity index (χ4n) is 1.36. The molecule has 100 valence electrons. The average molecular weight is 359 g/mol. The predicted octanol–water partition coefficient (Wildman–Crippen LogP) is 2.92. The van der Waals surface area contributed by atoms with Gasteiger partial charge in [-0.25, -0.2) is 0 Å². The van der Waals surface area contributed by atoms with Crippen molar-refractivity contribution in [3.63, 3.8) is 0 Å². The summed E-state index contributed by atoms with van der Waals surface area (Å²) < 4.78 is 1.68. The fraction of sp³-hybridized carbons (Fsp3) is 0.182. The highest BCUT2D eigenvalue weighted by Crippen LogP contribution is 2.24. The Morgan fingerprint density at radius 3 is 2.95 bits per heavy atom. The number of carbonyl (C=O) groups is 1. The van der Waals surface area contributed by atoms with Crippen LogP contribution in [0.2, 0.25) is 0 Å². The van der Waals surface area contributed by atoms with Crippen molar-refractivity contribution in [1.29, 1.82) is 0 Å². The number of amides is 1. The fourth-order valence-corrected chi connectivity index (χ4v) is 3.27. The van der Waals surface area contributed by atoms with Crippen molar-refractivity contribution in [3.05, 3.63) is 28.2 Å². The Morgan fingerprint density at radius 1 is 1.53 bits per heavy atom. The summed E-state index contributed by atoms with van der Waals surface area (Å²) in [4.78, 5) is 11.8. The number of nitrogens with one attached hydrogen (secondary N) is 1. The van der Waals surface area contributed by atoms with E-state index in [1.807, 2.05) is 25.1 Å². The predicted molar refractivity (Wildman–Crippen MR) is 82.6 cm³/mol. The molecule has 0 saturated carbocycles. The van der Waals surface area contributed by atoms with E-state index in [9.17, 15) is 4.79 Å². The van der Waals surface area contributed by atoms with Crippen LogP contribution in [0.4, 0.5) is 10.8 Å². The first-order chi connectivity index (χ1) is 9.04. The molecule has 0 aliphatic rings. The molecule has 8 heteroatoms. The number of hydrogen-bond donors (Lipinski definition) is 2. The Balaban J connectivity index is 1.90. The van der Waals surface area contributed by atoms with Crippen molar-refractivity contribution in [2.24, 2.45) is 0 Å². The van der Waals surface area contributed by atoms with Crippen molar-refractivity contribution < 1.29 is 4.79 Å². The molecule has 1 aromatic carbocycles. The van der Waals surface area contributed by atoms with Gasteiger partial charge in [-0.05, 0) is 30.7 Å². The van der Waals surface area contributed by atoms with Crippen molar-refractivity contribution in [3.8, 4) is 0 Å². The lowest BCUT2D eigenvalue weighted by Crippen LogP contribution is -2.14. The van der Waals surface area contributed by atoms with Gasteiger partial charge in [0.05, 0.1) is 5.75 Å². The minimum absolute atomic E-state index is 0.0795. The molecule has 2 aromatic rings. The number of nitrogens with two attached hydrogens (primary N) is 1. The molecule has 2 rings (SSSR count). The third kappa shape index (κ3) is 4.19. The highest BCUT2D eigenvalue weighted by molar-refractivity contribution is 9.10. The lowest BCUT2D eigenvalue weighted by atomic mass is 10.2. The van der Waals surface area contributed by atoms with Gasteiger partial charge in [-0.3, -0.25) is 4.79 Å². The molecule has 0 atom stereocenters. The largest absolute Gasteiger partial charge is 0.374 e. The standard InChI is InChI=1S/C11H11BrN4OS2/c1-6-4-7(12)2-3-8(6)14-9(17)5-18-11-16-15-10(13)19-11/h2-4H,5H2,1H3,(H2,13,15)(H,14,17). The summed E-state index contributed by atoms with van der Waals surface area (Å²) in [5.41, 5.74) is 7.29. The summed E-state index contributed by atoms with van der Waals surface area (Å²) in [6.45, 7) is 1.94. The maximum absolute atomic E-state index is 11.8. The van der Waals surface area contributed by atoms with Gasteiger partial charge >= 0.3 is 0 Å². The van der Waals surface area contributed by atoms with Crippen LogP contribution in [0.3, 0.4) is 0 Å². The number of nitrogen functional groups attached to an aromatic ring is 1. The number of thioether (sulfide) groups is 1. The molecule has 0 radical (unpaired) electrons. The number of nitrogens with zero attached hydrogens (tertiary/aromatic N) is 2. The molecule has 1 amide bonds. The van der Waals surface area contributed by atoms with Crippen LogP contribution in [-0.2, 0) is 4.79 Å². The number of benzene rings is 1. The molecule has 0 unspecified atom stereocenters. The van der Waals surface area contributed by atoms with E-state index in [0.717, 1.165) is 15.7 Å². The summed E-state index contributed by atoms with van der Waals surface area (Å²) in [5.74, 6) is 0.202. The molecule has 19 heavy (non-hydrogen) atoms. The first kappa shape index (κ1) is 14.3. The normalized spacial score (nSPS) is 10.4. The van der Waals surface area contributed by atoms with Gasteiger partial charge in [0.1, 0.15) is 0 Å². The van der Waals surface area contributed by atoms with Gasteiger partial charge in [-0.1, -0.05) is 39.0 Å². The molecule has 0 spiro atoms. The zero-order valence-electron chi connectivity index (χ0n) is 10.0. The quantitative estimate of drug-likeness (QED) is 0.821. The molecule has 5 nitrogen and oxygen atoms in total. The Morgan fingerprint density at radius 2 is 2.32 bits per heavy atom. The second kappa shape index (κ2) is 6.36. The van der Waals surface area contributed by atoms with Crippen molar-refractivity contribution in [2.45, 2.75) is 11.3 Å².